The van der Waals surface area contributed by atoms with Gasteiger partial charge in [0.1, 0.15) is 0 Å². The Bertz CT molecular complexity index is 570. The summed E-state index contributed by atoms with van der Waals surface area (Å²) in [6, 6.07) is 4.13. The molecule has 0 spiro atoms. The minimum absolute atomic E-state index is 0.0264. The Hall–Kier alpha value is -1.39. The zero-order chi connectivity index (χ0) is 16.0. The summed E-state index contributed by atoms with van der Waals surface area (Å²) < 4.78 is 42.1. The van der Waals surface area contributed by atoms with E-state index < -0.39 is 11.5 Å². The summed E-state index contributed by atoms with van der Waals surface area (Å²) in [6.07, 6.45) is -0.225. The lowest BCUT2D eigenvalue weighted by Gasteiger charge is -2.12. The molecule has 0 saturated carbocycles. The van der Waals surface area contributed by atoms with Crippen LogP contribution in [0.2, 0.25) is 0 Å². The summed E-state index contributed by atoms with van der Waals surface area (Å²) >= 11 is 5.39. The highest BCUT2D eigenvalue weighted by atomic mass is 35.5. The van der Waals surface area contributed by atoms with Crippen LogP contribution >= 0.6 is 23.4 Å². The third-order valence-corrected chi connectivity index (χ3v) is 3.41. The number of halogens is 4. The summed E-state index contributed by atoms with van der Waals surface area (Å²) in [5.41, 5.74) is -3.83. The summed E-state index contributed by atoms with van der Waals surface area (Å²) in [7, 11) is 0. The van der Waals surface area contributed by atoms with Crippen molar-refractivity contribution in [1.82, 2.24) is 0 Å². The van der Waals surface area contributed by atoms with Crippen LogP contribution in [0.25, 0.3) is 0 Å². The number of nitriles is 1. The maximum atomic E-state index is 12.4. The van der Waals surface area contributed by atoms with Gasteiger partial charge in [-0.3, -0.25) is 4.79 Å². The Morgan fingerprint density at radius 2 is 2.14 bits per heavy atom. The predicted octanol–water partition coefficient (Wildman–Crippen LogP) is 4.01. The molecule has 1 rings (SSSR count). The van der Waals surface area contributed by atoms with E-state index in [-0.39, 0.29) is 46.7 Å². The molecule has 1 aromatic rings. The average molecular weight is 338 g/mol. The Morgan fingerprint density at radius 3 is 2.62 bits per heavy atom. The van der Waals surface area contributed by atoms with Crippen LogP contribution in [0.5, 0.6) is 0 Å². The first-order chi connectivity index (χ1) is 9.80. The number of ether oxygens (including phenoxy) is 1. The van der Waals surface area contributed by atoms with E-state index in [1.807, 2.05) is 0 Å². The minimum Gasteiger partial charge on any atom is -0.466 e. The van der Waals surface area contributed by atoms with Crippen molar-refractivity contribution in [3.05, 3.63) is 28.8 Å². The lowest BCUT2D eigenvalue weighted by molar-refractivity contribution is -0.142. The second-order valence-electron chi connectivity index (χ2n) is 3.88. The Balaban J connectivity index is 3.22. The number of rotatable bonds is 5. The van der Waals surface area contributed by atoms with Gasteiger partial charge in [0.25, 0.3) is 0 Å². The molecule has 0 bridgehead atoms. The maximum absolute atomic E-state index is 12.4. The number of nitrogens with zero attached hydrogens (tertiary/aromatic N) is 1. The summed E-state index contributed by atoms with van der Waals surface area (Å²) in [4.78, 5) is 11.3. The topological polar surface area (TPSA) is 50.1 Å². The van der Waals surface area contributed by atoms with Crippen LogP contribution in [0.1, 0.15) is 23.6 Å². The van der Waals surface area contributed by atoms with Crippen molar-refractivity contribution >= 4 is 29.3 Å². The number of carbonyl (C=O) groups is 1. The standard InChI is InChI=1S/C13H11ClF3NO2S/c1-2-20-12(19)5-8-3-10(21-13(15,16)17)4-9(7-18)11(8)6-14/h3-4H,2,5-6H2,1H3. The lowest BCUT2D eigenvalue weighted by atomic mass is 10.0. The third kappa shape index (κ3) is 5.48. The van der Waals surface area contributed by atoms with Gasteiger partial charge < -0.3 is 4.74 Å². The number of hydrogen-bond acceptors (Lipinski definition) is 4. The van der Waals surface area contributed by atoms with Gasteiger partial charge >= 0.3 is 11.5 Å². The van der Waals surface area contributed by atoms with E-state index in [1.54, 1.807) is 13.0 Å². The second-order valence-corrected chi connectivity index (χ2v) is 5.29. The van der Waals surface area contributed by atoms with E-state index in [2.05, 4.69) is 0 Å². The van der Waals surface area contributed by atoms with Crippen LogP contribution in [0.4, 0.5) is 13.2 Å². The summed E-state index contributed by atoms with van der Waals surface area (Å²) in [6.45, 7) is 1.79. The molecular formula is C13H11ClF3NO2S. The van der Waals surface area contributed by atoms with Gasteiger partial charge in [0.05, 0.1) is 24.7 Å². The molecule has 0 radical (unpaired) electrons. The van der Waals surface area contributed by atoms with Crippen LogP contribution < -0.4 is 0 Å². The molecule has 1 aromatic carbocycles. The third-order valence-electron chi connectivity index (χ3n) is 2.44. The largest absolute Gasteiger partial charge is 0.466 e. The van der Waals surface area contributed by atoms with Gasteiger partial charge in [-0.1, -0.05) is 0 Å². The smallest absolute Gasteiger partial charge is 0.446 e. The Labute approximate surface area is 129 Å². The van der Waals surface area contributed by atoms with Gasteiger partial charge in [-0.25, -0.2) is 0 Å². The van der Waals surface area contributed by atoms with Gasteiger partial charge in [-0.05, 0) is 41.9 Å². The van der Waals surface area contributed by atoms with E-state index >= 15 is 0 Å². The zero-order valence-electron chi connectivity index (χ0n) is 11.0. The van der Waals surface area contributed by atoms with Crippen LogP contribution in [0.3, 0.4) is 0 Å². The first-order valence-electron chi connectivity index (χ1n) is 5.84. The van der Waals surface area contributed by atoms with Crippen LogP contribution in [-0.2, 0) is 21.8 Å². The fourth-order valence-corrected chi connectivity index (χ4v) is 2.64. The molecule has 0 aliphatic rings. The summed E-state index contributed by atoms with van der Waals surface area (Å²) in [5.74, 6) is -0.656. The average Bonchev–Trinajstić information content (AvgIpc) is 2.36. The summed E-state index contributed by atoms with van der Waals surface area (Å²) in [5, 5.41) is 9.02. The van der Waals surface area contributed by atoms with Gasteiger partial charge in [0, 0.05) is 10.8 Å². The quantitative estimate of drug-likeness (QED) is 0.462. The first kappa shape index (κ1) is 17.7. The van der Waals surface area contributed by atoms with Crippen molar-refractivity contribution in [2.45, 2.75) is 29.6 Å². The zero-order valence-corrected chi connectivity index (χ0v) is 12.5. The number of carbonyl (C=O) groups excluding carboxylic acids is 1. The van der Waals surface area contributed by atoms with Crippen molar-refractivity contribution in [3.63, 3.8) is 0 Å². The molecule has 0 atom stereocenters. The van der Waals surface area contributed by atoms with Gasteiger partial charge in [-0.15, -0.1) is 11.6 Å². The molecule has 0 amide bonds. The maximum Gasteiger partial charge on any atom is 0.446 e. The SMILES string of the molecule is CCOC(=O)Cc1cc(SC(F)(F)F)cc(C#N)c1CCl. The van der Waals surface area contributed by atoms with Crippen molar-refractivity contribution in [3.8, 4) is 6.07 Å². The second kappa shape index (κ2) is 7.57. The molecule has 21 heavy (non-hydrogen) atoms. The molecule has 0 heterocycles. The van der Waals surface area contributed by atoms with E-state index in [4.69, 9.17) is 21.6 Å². The van der Waals surface area contributed by atoms with Gasteiger partial charge in [0.15, 0.2) is 0 Å². The molecule has 8 heteroatoms. The monoisotopic (exact) mass is 337 g/mol. The highest BCUT2D eigenvalue weighted by molar-refractivity contribution is 8.00. The fraction of sp³-hybridized carbons (Fsp3) is 0.385. The minimum atomic E-state index is -4.48. The highest BCUT2D eigenvalue weighted by Gasteiger charge is 2.30. The van der Waals surface area contributed by atoms with Gasteiger partial charge in [0.2, 0.25) is 0 Å². The normalized spacial score (nSPS) is 11.0. The predicted molar refractivity (Wildman–Crippen MR) is 73.0 cm³/mol. The van der Waals surface area contributed by atoms with Crippen LogP contribution in [0.15, 0.2) is 17.0 Å². The Kier molecular flexibility index (Phi) is 6.37. The van der Waals surface area contributed by atoms with E-state index in [9.17, 15) is 18.0 Å². The molecule has 0 unspecified atom stereocenters. The molecule has 114 valence electrons. The number of hydrogen-bond donors (Lipinski definition) is 0. The number of esters is 1. The molecule has 0 saturated heterocycles. The van der Waals surface area contributed by atoms with E-state index in [0.717, 1.165) is 6.07 Å². The first-order valence-corrected chi connectivity index (χ1v) is 7.19. The molecule has 0 N–H and O–H groups in total. The van der Waals surface area contributed by atoms with Gasteiger partial charge in [-0.2, -0.15) is 18.4 Å². The molecule has 0 aromatic heterocycles. The Morgan fingerprint density at radius 1 is 1.48 bits per heavy atom. The van der Waals surface area contributed by atoms with E-state index in [1.165, 1.54) is 6.07 Å². The fourth-order valence-electron chi connectivity index (χ4n) is 1.68. The number of thioether (sulfide) groups is 1. The molecular weight excluding hydrogens is 327 g/mol. The highest BCUT2D eigenvalue weighted by Crippen LogP contribution is 2.38. The lowest BCUT2D eigenvalue weighted by Crippen LogP contribution is -2.10. The van der Waals surface area contributed by atoms with E-state index in [0.29, 0.717) is 5.56 Å². The van der Waals surface area contributed by atoms with Crippen molar-refractivity contribution in [1.29, 1.82) is 5.26 Å². The van der Waals surface area contributed by atoms with Crippen molar-refractivity contribution in [2.24, 2.45) is 0 Å². The van der Waals surface area contributed by atoms with Crippen LogP contribution in [0, 0.1) is 11.3 Å². The van der Waals surface area contributed by atoms with Crippen molar-refractivity contribution in [2.75, 3.05) is 6.61 Å². The number of alkyl halides is 4. The van der Waals surface area contributed by atoms with Crippen molar-refractivity contribution < 1.29 is 22.7 Å². The molecule has 0 aliphatic carbocycles. The van der Waals surface area contributed by atoms with Crippen LogP contribution in [-0.4, -0.2) is 18.1 Å². The molecule has 3 nitrogen and oxygen atoms in total. The molecule has 0 aliphatic heterocycles. The molecule has 0 fully saturated rings. The number of benzene rings is 1.